The second-order valence-corrected chi connectivity index (χ2v) is 8.13. The molecule has 2 aromatic rings. The molecule has 0 atom stereocenters. The molecule has 0 amide bonds. The summed E-state index contributed by atoms with van der Waals surface area (Å²) in [4.78, 5) is 4.84. The maximum atomic E-state index is 6.44. The van der Waals surface area contributed by atoms with Crippen molar-refractivity contribution >= 4 is 11.6 Å². The first kappa shape index (κ1) is 21.0. The van der Waals surface area contributed by atoms with E-state index in [1.54, 1.807) is 14.2 Å². The van der Waals surface area contributed by atoms with Crippen molar-refractivity contribution in [3.63, 3.8) is 0 Å². The van der Waals surface area contributed by atoms with Gasteiger partial charge in [0.25, 0.3) is 0 Å². The molecule has 2 heterocycles. The number of benzene rings is 1. The maximum absolute atomic E-state index is 6.44. The van der Waals surface area contributed by atoms with Crippen LogP contribution in [0.25, 0.3) is 0 Å². The standard InChI is InChI=1S/C22H31ClN2O3/c1-16-5-6-19(28-16)15-25-9-7-17(8-10-25)13-24(2)14-18-11-21(26-3)22(27-4)12-20(18)23/h5-6,11-12,17H,7-10,13-15H2,1-4H3. The van der Waals surface area contributed by atoms with E-state index in [0.29, 0.717) is 16.7 Å². The lowest BCUT2D eigenvalue weighted by Gasteiger charge is -2.33. The molecule has 1 aromatic heterocycles. The van der Waals surface area contributed by atoms with Crippen LogP contribution in [0.4, 0.5) is 0 Å². The topological polar surface area (TPSA) is 38.1 Å². The number of nitrogens with zero attached hydrogens (tertiary/aromatic N) is 2. The molecule has 1 aliphatic heterocycles. The number of aryl methyl sites for hydroxylation is 1. The molecule has 0 spiro atoms. The highest BCUT2D eigenvalue weighted by Crippen LogP contribution is 2.33. The number of methoxy groups -OCH3 is 2. The summed E-state index contributed by atoms with van der Waals surface area (Å²) in [7, 11) is 5.43. The summed E-state index contributed by atoms with van der Waals surface area (Å²) in [5.41, 5.74) is 1.06. The third kappa shape index (κ3) is 5.43. The highest BCUT2D eigenvalue weighted by Gasteiger charge is 2.22. The van der Waals surface area contributed by atoms with Crippen molar-refractivity contribution in [2.45, 2.75) is 32.9 Å². The summed E-state index contributed by atoms with van der Waals surface area (Å²) in [6.45, 7) is 7.02. The minimum Gasteiger partial charge on any atom is -0.493 e. The van der Waals surface area contributed by atoms with Crippen LogP contribution in [0.15, 0.2) is 28.7 Å². The molecule has 6 heteroatoms. The predicted octanol–water partition coefficient (Wildman–Crippen LogP) is 4.60. The van der Waals surface area contributed by atoms with E-state index in [2.05, 4.69) is 22.9 Å². The Balaban J connectivity index is 1.49. The average Bonchev–Trinajstić information content (AvgIpc) is 3.09. The fraction of sp³-hybridized carbons (Fsp3) is 0.545. The molecule has 0 aliphatic carbocycles. The van der Waals surface area contributed by atoms with Crippen molar-refractivity contribution in [2.75, 3.05) is 40.9 Å². The Kier molecular flexibility index (Phi) is 7.27. The van der Waals surface area contributed by atoms with Crippen molar-refractivity contribution in [1.29, 1.82) is 0 Å². The molecule has 154 valence electrons. The smallest absolute Gasteiger partial charge is 0.162 e. The molecule has 0 bridgehead atoms. The van der Waals surface area contributed by atoms with Gasteiger partial charge in [0.05, 0.1) is 20.8 Å². The van der Waals surface area contributed by atoms with Gasteiger partial charge in [-0.05, 0) is 69.6 Å². The molecule has 1 aliphatic rings. The van der Waals surface area contributed by atoms with Crippen LogP contribution in [-0.4, -0.2) is 50.7 Å². The van der Waals surface area contributed by atoms with Gasteiger partial charge in [-0.1, -0.05) is 11.6 Å². The lowest BCUT2D eigenvalue weighted by Crippen LogP contribution is -2.37. The highest BCUT2D eigenvalue weighted by atomic mass is 35.5. The summed E-state index contributed by atoms with van der Waals surface area (Å²) in [6, 6.07) is 7.93. The van der Waals surface area contributed by atoms with Gasteiger partial charge < -0.3 is 18.8 Å². The average molecular weight is 407 g/mol. The van der Waals surface area contributed by atoms with Crippen LogP contribution in [0.2, 0.25) is 5.02 Å². The summed E-state index contributed by atoms with van der Waals surface area (Å²) in [6.07, 6.45) is 2.42. The van der Waals surface area contributed by atoms with Crippen LogP contribution >= 0.6 is 11.6 Å². The van der Waals surface area contributed by atoms with Crippen LogP contribution in [0.5, 0.6) is 11.5 Å². The fourth-order valence-corrected chi connectivity index (χ4v) is 4.14. The number of furan rings is 1. The van der Waals surface area contributed by atoms with E-state index in [4.69, 9.17) is 25.5 Å². The molecule has 5 nitrogen and oxygen atoms in total. The number of halogens is 1. The first-order valence-electron chi connectivity index (χ1n) is 9.85. The Bertz CT molecular complexity index is 769. The quantitative estimate of drug-likeness (QED) is 0.640. The van der Waals surface area contributed by atoms with E-state index in [0.717, 1.165) is 55.6 Å². The van der Waals surface area contributed by atoms with E-state index < -0.39 is 0 Å². The van der Waals surface area contributed by atoms with Crippen molar-refractivity contribution in [3.8, 4) is 11.5 Å². The zero-order valence-electron chi connectivity index (χ0n) is 17.3. The molecular weight excluding hydrogens is 376 g/mol. The zero-order valence-corrected chi connectivity index (χ0v) is 18.1. The Morgan fingerprint density at radius 2 is 1.82 bits per heavy atom. The molecule has 0 unspecified atom stereocenters. The van der Waals surface area contributed by atoms with Crippen LogP contribution in [0, 0.1) is 12.8 Å². The first-order chi connectivity index (χ1) is 13.5. The van der Waals surface area contributed by atoms with E-state index >= 15 is 0 Å². The number of piperidine rings is 1. The summed E-state index contributed by atoms with van der Waals surface area (Å²) < 4.78 is 16.4. The predicted molar refractivity (Wildman–Crippen MR) is 112 cm³/mol. The Labute approximate surface area is 173 Å². The number of hydrogen-bond donors (Lipinski definition) is 0. The van der Waals surface area contributed by atoms with E-state index in [1.807, 2.05) is 25.1 Å². The van der Waals surface area contributed by atoms with Crippen molar-refractivity contribution < 1.29 is 13.9 Å². The van der Waals surface area contributed by atoms with E-state index in [-0.39, 0.29) is 0 Å². The zero-order chi connectivity index (χ0) is 20.1. The third-order valence-corrected chi connectivity index (χ3v) is 5.80. The number of likely N-dealkylation sites (tertiary alicyclic amines) is 1. The fourth-order valence-electron chi connectivity index (χ4n) is 3.93. The Hall–Kier alpha value is -1.69. The second kappa shape index (κ2) is 9.68. The Morgan fingerprint density at radius 3 is 2.43 bits per heavy atom. The second-order valence-electron chi connectivity index (χ2n) is 7.73. The van der Waals surface area contributed by atoms with Gasteiger partial charge in [-0.25, -0.2) is 0 Å². The van der Waals surface area contributed by atoms with Crippen molar-refractivity contribution in [3.05, 3.63) is 46.4 Å². The van der Waals surface area contributed by atoms with Crippen LogP contribution in [0.3, 0.4) is 0 Å². The van der Waals surface area contributed by atoms with Crippen LogP contribution in [0.1, 0.15) is 29.9 Å². The largest absolute Gasteiger partial charge is 0.493 e. The van der Waals surface area contributed by atoms with Gasteiger partial charge in [0.2, 0.25) is 0 Å². The summed E-state index contributed by atoms with van der Waals surface area (Å²) in [5.74, 6) is 4.14. The SMILES string of the molecule is COc1cc(Cl)c(CN(C)CC2CCN(Cc3ccc(C)o3)CC2)cc1OC. The van der Waals surface area contributed by atoms with Gasteiger partial charge in [-0.2, -0.15) is 0 Å². The van der Waals surface area contributed by atoms with E-state index in [1.165, 1.54) is 12.8 Å². The van der Waals surface area contributed by atoms with Gasteiger partial charge >= 0.3 is 0 Å². The van der Waals surface area contributed by atoms with Crippen LogP contribution in [-0.2, 0) is 13.1 Å². The minimum absolute atomic E-state index is 0.665. The molecule has 0 saturated carbocycles. The lowest BCUT2D eigenvalue weighted by molar-refractivity contribution is 0.140. The highest BCUT2D eigenvalue weighted by molar-refractivity contribution is 6.31. The number of ether oxygens (including phenoxy) is 2. The van der Waals surface area contributed by atoms with Crippen LogP contribution < -0.4 is 9.47 Å². The normalized spacial score (nSPS) is 15.9. The molecule has 0 N–H and O–H groups in total. The summed E-state index contributed by atoms with van der Waals surface area (Å²) in [5, 5.41) is 0.716. The molecule has 1 fully saturated rings. The Morgan fingerprint density at radius 1 is 1.14 bits per heavy atom. The summed E-state index contributed by atoms with van der Waals surface area (Å²) >= 11 is 6.44. The number of hydrogen-bond acceptors (Lipinski definition) is 5. The van der Waals surface area contributed by atoms with Gasteiger partial charge in [-0.15, -0.1) is 0 Å². The van der Waals surface area contributed by atoms with Gasteiger partial charge in [0.15, 0.2) is 11.5 Å². The molecule has 1 saturated heterocycles. The lowest BCUT2D eigenvalue weighted by atomic mass is 9.96. The van der Waals surface area contributed by atoms with Gasteiger partial charge in [-0.3, -0.25) is 4.90 Å². The minimum atomic E-state index is 0.665. The van der Waals surface area contributed by atoms with Crippen molar-refractivity contribution in [2.24, 2.45) is 5.92 Å². The molecule has 0 radical (unpaired) electrons. The maximum Gasteiger partial charge on any atom is 0.162 e. The first-order valence-corrected chi connectivity index (χ1v) is 10.2. The van der Waals surface area contributed by atoms with E-state index in [9.17, 15) is 0 Å². The molecule has 1 aromatic carbocycles. The van der Waals surface area contributed by atoms with Gasteiger partial charge in [0.1, 0.15) is 11.5 Å². The van der Waals surface area contributed by atoms with Crippen molar-refractivity contribution in [1.82, 2.24) is 9.80 Å². The molecule has 28 heavy (non-hydrogen) atoms. The number of rotatable bonds is 8. The van der Waals surface area contributed by atoms with Gasteiger partial charge in [0, 0.05) is 24.2 Å². The molecular formula is C22H31ClN2O3. The third-order valence-electron chi connectivity index (χ3n) is 5.45. The molecule has 3 rings (SSSR count). The monoisotopic (exact) mass is 406 g/mol.